The molecule has 0 saturated carbocycles. The number of pyridine rings is 1. The SMILES string of the molecule is CCCc1cc(NN)c2cc3nccnc3c(Br)c2n1. The van der Waals surface area contributed by atoms with Crippen LogP contribution in [0.3, 0.4) is 0 Å². The van der Waals surface area contributed by atoms with Crippen molar-refractivity contribution in [2.24, 2.45) is 5.84 Å². The number of nitrogens with one attached hydrogen (secondary N) is 1. The van der Waals surface area contributed by atoms with Crippen LogP contribution in [0.15, 0.2) is 29.0 Å². The zero-order valence-electron chi connectivity index (χ0n) is 11.0. The highest BCUT2D eigenvalue weighted by molar-refractivity contribution is 9.10. The van der Waals surface area contributed by atoms with Crippen LogP contribution in [0.2, 0.25) is 0 Å². The molecule has 0 amide bonds. The van der Waals surface area contributed by atoms with Crippen LogP contribution >= 0.6 is 15.9 Å². The molecule has 0 aliphatic rings. The lowest BCUT2D eigenvalue weighted by atomic mass is 10.1. The van der Waals surface area contributed by atoms with Gasteiger partial charge in [0.2, 0.25) is 0 Å². The van der Waals surface area contributed by atoms with Crippen molar-refractivity contribution >= 4 is 43.6 Å². The molecular formula is C14H14BrN5. The maximum absolute atomic E-state index is 5.65. The molecule has 5 nitrogen and oxygen atoms in total. The van der Waals surface area contributed by atoms with E-state index in [1.54, 1.807) is 12.4 Å². The fourth-order valence-corrected chi connectivity index (χ4v) is 2.91. The van der Waals surface area contributed by atoms with Gasteiger partial charge in [0.05, 0.1) is 21.2 Å². The Morgan fingerprint density at radius 3 is 2.75 bits per heavy atom. The first-order valence-electron chi connectivity index (χ1n) is 6.44. The zero-order chi connectivity index (χ0) is 14.1. The Morgan fingerprint density at radius 2 is 2.00 bits per heavy atom. The minimum Gasteiger partial charge on any atom is -0.323 e. The molecule has 0 spiro atoms. The molecule has 0 atom stereocenters. The molecule has 6 heteroatoms. The summed E-state index contributed by atoms with van der Waals surface area (Å²) in [5, 5.41) is 0.937. The first-order valence-corrected chi connectivity index (χ1v) is 7.23. The van der Waals surface area contributed by atoms with Crippen LogP contribution < -0.4 is 11.3 Å². The van der Waals surface area contributed by atoms with Gasteiger partial charge in [-0.25, -0.2) is 0 Å². The van der Waals surface area contributed by atoms with Crippen LogP contribution in [-0.4, -0.2) is 15.0 Å². The predicted octanol–water partition coefficient (Wildman–Crippen LogP) is 3.18. The molecule has 102 valence electrons. The minimum atomic E-state index is 0.809. The molecule has 0 fully saturated rings. The van der Waals surface area contributed by atoms with Crippen molar-refractivity contribution in [2.75, 3.05) is 5.43 Å². The van der Waals surface area contributed by atoms with Gasteiger partial charge in [-0.3, -0.25) is 20.8 Å². The summed E-state index contributed by atoms with van der Waals surface area (Å²) in [5.74, 6) is 5.65. The van der Waals surface area contributed by atoms with Crippen LogP contribution in [0.25, 0.3) is 21.9 Å². The molecule has 0 radical (unpaired) electrons. The Bertz CT molecular complexity index is 787. The molecule has 0 aliphatic heterocycles. The number of anilines is 1. The van der Waals surface area contributed by atoms with Gasteiger partial charge in [0, 0.05) is 23.5 Å². The molecule has 0 unspecified atom stereocenters. The van der Waals surface area contributed by atoms with Gasteiger partial charge in [0.15, 0.2) is 0 Å². The summed E-state index contributed by atoms with van der Waals surface area (Å²) in [6, 6.07) is 3.95. The summed E-state index contributed by atoms with van der Waals surface area (Å²) in [4.78, 5) is 13.4. The number of nitrogen functional groups attached to an aromatic ring is 1. The topological polar surface area (TPSA) is 76.7 Å². The van der Waals surface area contributed by atoms with E-state index >= 15 is 0 Å². The number of benzene rings is 1. The molecule has 3 rings (SSSR count). The number of hydrogen-bond donors (Lipinski definition) is 2. The number of aromatic nitrogens is 3. The van der Waals surface area contributed by atoms with Crippen molar-refractivity contribution in [3.8, 4) is 0 Å². The van der Waals surface area contributed by atoms with Gasteiger partial charge < -0.3 is 5.43 Å². The maximum Gasteiger partial charge on any atom is 0.105 e. The smallest absolute Gasteiger partial charge is 0.105 e. The number of rotatable bonds is 3. The average molecular weight is 332 g/mol. The fraction of sp³-hybridized carbons (Fsp3) is 0.214. The normalized spacial score (nSPS) is 11.2. The predicted molar refractivity (Wildman–Crippen MR) is 84.3 cm³/mol. The quantitative estimate of drug-likeness (QED) is 0.438. The molecule has 20 heavy (non-hydrogen) atoms. The number of aryl methyl sites for hydroxylation is 1. The van der Waals surface area contributed by atoms with Gasteiger partial charge in [-0.2, -0.15) is 0 Å². The Labute approximate surface area is 124 Å². The van der Waals surface area contributed by atoms with Crippen molar-refractivity contribution in [2.45, 2.75) is 19.8 Å². The number of fused-ring (bicyclic) bond motifs is 2. The van der Waals surface area contributed by atoms with Crippen molar-refractivity contribution in [1.82, 2.24) is 15.0 Å². The Balaban J connectivity index is 2.41. The van der Waals surface area contributed by atoms with Gasteiger partial charge in [0.1, 0.15) is 5.52 Å². The number of nitrogens with zero attached hydrogens (tertiary/aromatic N) is 3. The van der Waals surface area contributed by atoms with Crippen molar-refractivity contribution in [3.63, 3.8) is 0 Å². The summed E-state index contributed by atoms with van der Waals surface area (Å²) in [6.07, 6.45) is 5.30. The third kappa shape index (κ3) is 2.10. The second-order valence-electron chi connectivity index (χ2n) is 4.57. The number of hydrazine groups is 1. The molecule has 0 saturated heterocycles. The minimum absolute atomic E-state index is 0.809. The molecule has 3 aromatic rings. The second-order valence-corrected chi connectivity index (χ2v) is 5.36. The molecule has 1 aromatic carbocycles. The average Bonchev–Trinajstić information content (AvgIpc) is 2.48. The largest absolute Gasteiger partial charge is 0.323 e. The van der Waals surface area contributed by atoms with Gasteiger partial charge >= 0.3 is 0 Å². The molecule has 3 N–H and O–H groups in total. The summed E-state index contributed by atoms with van der Waals surface area (Å²) in [6.45, 7) is 2.13. The highest BCUT2D eigenvalue weighted by atomic mass is 79.9. The van der Waals surface area contributed by atoms with Crippen LogP contribution in [-0.2, 0) is 6.42 Å². The highest BCUT2D eigenvalue weighted by Crippen LogP contribution is 2.33. The highest BCUT2D eigenvalue weighted by Gasteiger charge is 2.12. The van der Waals surface area contributed by atoms with Gasteiger partial charge in [0.25, 0.3) is 0 Å². The first kappa shape index (κ1) is 13.2. The fourth-order valence-electron chi connectivity index (χ4n) is 2.30. The molecule has 2 aromatic heterocycles. The Kier molecular flexibility index (Phi) is 3.50. The number of hydrogen-bond acceptors (Lipinski definition) is 5. The van der Waals surface area contributed by atoms with Crippen molar-refractivity contribution in [1.29, 1.82) is 0 Å². The molecular weight excluding hydrogens is 318 g/mol. The van der Waals surface area contributed by atoms with E-state index in [-0.39, 0.29) is 0 Å². The Hall–Kier alpha value is -1.79. The zero-order valence-corrected chi connectivity index (χ0v) is 12.6. The van der Waals surface area contributed by atoms with Gasteiger partial charge in [-0.15, -0.1) is 0 Å². The summed E-state index contributed by atoms with van der Waals surface area (Å²) >= 11 is 3.60. The van der Waals surface area contributed by atoms with E-state index in [1.807, 2.05) is 12.1 Å². The molecule has 2 heterocycles. The van der Waals surface area contributed by atoms with E-state index in [2.05, 4.69) is 38.2 Å². The third-order valence-corrected chi connectivity index (χ3v) is 3.95. The van der Waals surface area contributed by atoms with Crippen LogP contribution in [0.1, 0.15) is 19.0 Å². The van der Waals surface area contributed by atoms with E-state index in [0.717, 1.165) is 50.6 Å². The second kappa shape index (κ2) is 5.30. The van der Waals surface area contributed by atoms with Crippen LogP contribution in [0.4, 0.5) is 5.69 Å². The summed E-state index contributed by atoms with van der Waals surface area (Å²) in [7, 11) is 0. The lowest BCUT2D eigenvalue weighted by Gasteiger charge is -2.11. The van der Waals surface area contributed by atoms with Crippen molar-refractivity contribution in [3.05, 3.63) is 34.7 Å². The Morgan fingerprint density at radius 1 is 1.20 bits per heavy atom. The standard InChI is InChI=1S/C14H14BrN5/c1-2-3-8-6-10(20-16)9-7-11-14(18-5-4-17-11)12(15)13(9)19-8/h4-7H,2-3,16H2,1H3,(H,19,20). The lowest BCUT2D eigenvalue weighted by Crippen LogP contribution is -2.08. The van der Waals surface area contributed by atoms with E-state index in [0.29, 0.717) is 0 Å². The summed E-state index contributed by atoms with van der Waals surface area (Å²) in [5.41, 5.74) is 7.10. The monoisotopic (exact) mass is 331 g/mol. The number of halogens is 1. The van der Waals surface area contributed by atoms with Gasteiger partial charge in [-0.1, -0.05) is 13.3 Å². The van der Waals surface area contributed by atoms with Gasteiger partial charge in [-0.05, 0) is 34.5 Å². The van der Waals surface area contributed by atoms with E-state index < -0.39 is 0 Å². The third-order valence-electron chi connectivity index (χ3n) is 3.20. The van der Waals surface area contributed by atoms with Crippen molar-refractivity contribution < 1.29 is 0 Å². The summed E-state index contributed by atoms with van der Waals surface area (Å²) < 4.78 is 0.854. The molecule has 0 bridgehead atoms. The molecule has 0 aliphatic carbocycles. The van der Waals surface area contributed by atoms with E-state index in [9.17, 15) is 0 Å². The van der Waals surface area contributed by atoms with E-state index in [4.69, 9.17) is 10.8 Å². The lowest BCUT2D eigenvalue weighted by molar-refractivity contribution is 0.889. The number of nitrogens with two attached hydrogens (primary N) is 1. The maximum atomic E-state index is 5.65. The van der Waals surface area contributed by atoms with E-state index in [1.165, 1.54) is 0 Å². The van der Waals surface area contributed by atoms with Crippen LogP contribution in [0, 0.1) is 0 Å². The first-order chi connectivity index (χ1) is 9.74. The van der Waals surface area contributed by atoms with Crippen LogP contribution in [0.5, 0.6) is 0 Å².